The van der Waals surface area contributed by atoms with E-state index in [2.05, 4.69) is 13.8 Å². The summed E-state index contributed by atoms with van der Waals surface area (Å²) in [6, 6.07) is 7.35. The molecule has 0 spiro atoms. The van der Waals surface area contributed by atoms with Gasteiger partial charge in [-0.15, -0.1) is 0 Å². The van der Waals surface area contributed by atoms with Crippen LogP contribution in [-0.4, -0.2) is 11.0 Å². The van der Waals surface area contributed by atoms with Gasteiger partial charge < -0.3 is 10.8 Å². The van der Waals surface area contributed by atoms with Crippen LogP contribution in [0, 0.1) is 5.92 Å². The first-order valence-electron chi connectivity index (χ1n) is 5.45. The third-order valence-corrected chi connectivity index (χ3v) is 2.64. The summed E-state index contributed by atoms with van der Waals surface area (Å²) in [6.45, 7) is 5.70. The molecule has 1 rings (SSSR count). The predicted octanol–water partition coefficient (Wildman–Crippen LogP) is 1.58. The first-order valence-corrected chi connectivity index (χ1v) is 5.45. The van der Waals surface area contributed by atoms with E-state index >= 15 is 0 Å². The average Bonchev–Trinajstić information content (AvgIpc) is 2.17. The smallest absolute Gasteiger partial charge is 0.253 e. The maximum absolute atomic E-state index is 11.1. The molecule has 0 bridgehead atoms. The van der Waals surface area contributed by atoms with Crippen molar-refractivity contribution in [3.8, 4) is 0 Å². The molecular weight excluding hydrogens is 202 g/mol. The van der Waals surface area contributed by atoms with Gasteiger partial charge in [0.1, 0.15) is 0 Å². The van der Waals surface area contributed by atoms with Gasteiger partial charge in [0, 0.05) is 0 Å². The van der Waals surface area contributed by atoms with Gasteiger partial charge in [-0.2, -0.15) is 0 Å². The molecule has 0 saturated carbocycles. The SMILES string of the molecule is CC(C)Cc1ccc(C(C)(O)C(N)=O)cc1. The molecule has 0 aromatic heterocycles. The first-order chi connectivity index (χ1) is 7.34. The van der Waals surface area contributed by atoms with Gasteiger partial charge in [0.2, 0.25) is 0 Å². The van der Waals surface area contributed by atoms with Gasteiger partial charge in [0.25, 0.3) is 5.91 Å². The number of primary amides is 1. The van der Waals surface area contributed by atoms with Crippen molar-refractivity contribution in [1.82, 2.24) is 0 Å². The van der Waals surface area contributed by atoms with Crippen molar-refractivity contribution in [3.05, 3.63) is 35.4 Å². The minimum Gasteiger partial charge on any atom is -0.376 e. The minimum atomic E-state index is -1.59. The molecule has 1 amide bonds. The number of amides is 1. The fourth-order valence-corrected chi connectivity index (χ4v) is 1.58. The molecule has 1 aromatic rings. The minimum absolute atomic E-state index is 0.535. The number of benzene rings is 1. The summed E-state index contributed by atoms with van der Waals surface area (Å²) < 4.78 is 0. The number of hydrogen-bond donors (Lipinski definition) is 2. The van der Waals surface area contributed by atoms with Gasteiger partial charge in [-0.05, 0) is 30.4 Å². The third kappa shape index (κ3) is 2.83. The van der Waals surface area contributed by atoms with E-state index in [1.54, 1.807) is 12.1 Å². The van der Waals surface area contributed by atoms with E-state index in [1.807, 2.05) is 12.1 Å². The van der Waals surface area contributed by atoms with Crippen molar-refractivity contribution in [2.24, 2.45) is 11.7 Å². The van der Waals surface area contributed by atoms with Gasteiger partial charge in [-0.1, -0.05) is 38.1 Å². The standard InChI is InChI=1S/C13H19NO2/c1-9(2)8-10-4-6-11(7-5-10)13(3,16)12(14)15/h4-7,9,16H,8H2,1-3H3,(H2,14,15). The fourth-order valence-electron chi connectivity index (χ4n) is 1.58. The lowest BCUT2D eigenvalue weighted by Gasteiger charge is -2.19. The Labute approximate surface area is 96.3 Å². The van der Waals surface area contributed by atoms with Crippen molar-refractivity contribution in [2.75, 3.05) is 0 Å². The van der Waals surface area contributed by atoms with Crippen LogP contribution in [0.15, 0.2) is 24.3 Å². The number of carbonyl (C=O) groups excluding carboxylic acids is 1. The van der Waals surface area contributed by atoms with Crippen LogP contribution in [0.5, 0.6) is 0 Å². The van der Waals surface area contributed by atoms with Crippen molar-refractivity contribution < 1.29 is 9.90 Å². The molecule has 1 unspecified atom stereocenters. The Kier molecular flexibility index (Phi) is 3.70. The average molecular weight is 221 g/mol. The Morgan fingerprint density at radius 2 is 1.88 bits per heavy atom. The summed E-state index contributed by atoms with van der Waals surface area (Å²) in [5, 5.41) is 9.86. The van der Waals surface area contributed by atoms with E-state index in [4.69, 9.17) is 5.73 Å². The fraction of sp³-hybridized carbons (Fsp3) is 0.462. The molecule has 3 heteroatoms. The molecule has 0 aliphatic heterocycles. The van der Waals surface area contributed by atoms with Crippen LogP contribution < -0.4 is 5.73 Å². The van der Waals surface area contributed by atoms with E-state index < -0.39 is 11.5 Å². The lowest BCUT2D eigenvalue weighted by Crippen LogP contribution is -2.38. The van der Waals surface area contributed by atoms with E-state index in [0.29, 0.717) is 11.5 Å². The Morgan fingerprint density at radius 3 is 2.25 bits per heavy atom. The van der Waals surface area contributed by atoms with Crippen LogP contribution in [0.1, 0.15) is 31.9 Å². The highest BCUT2D eigenvalue weighted by Crippen LogP contribution is 2.21. The summed E-state index contributed by atoms with van der Waals surface area (Å²) in [7, 11) is 0. The summed E-state index contributed by atoms with van der Waals surface area (Å²) in [4.78, 5) is 11.1. The molecule has 3 N–H and O–H groups in total. The largest absolute Gasteiger partial charge is 0.376 e. The van der Waals surface area contributed by atoms with E-state index in [9.17, 15) is 9.90 Å². The molecule has 1 atom stereocenters. The van der Waals surface area contributed by atoms with Crippen LogP contribution in [0.2, 0.25) is 0 Å². The van der Waals surface area contributed by atoms with Crippen molar-refractivity contribution in [1.29, 1.82) is 0 Å². The number of aliphatic hydroxyl groups is 1. The van der Waals surface area contributed by atoms with E-state index in [1.165, 1.54) is 12.5 Å². The predicted molar refractivity (Wildman–Crippen MR) is 63.7 cm³/mol. The maximum Gasteiger partial charge on any atom is 0.253 e. The molecule has 88 valence electrons. The molecule has 3 nitrogen and oxygen atoms in total. The highest BCUT2D eigenvalue weighted by Gasteiger charge is 2.29. The zero-order valence-electron chi connectivity index (χ0n) is 10.0. The van der Waals surface area contributed by atoms with Crippen LogP contribution in [0.4, 0.5) is 0 Å². The summed E-state index contributed by atoms with van der Waals surface area (Å²) in [5.41, 5.74) is 5.27. The topological polar surface area (TPSA) is 63.3 Å². The molecule has 0 saturated heterocycles. The summed E-state index contributed by atoms with van der Waals surface area (Å²) >= 11 is 0. The van der Waals surface area contributed by atoms with Gasteiger partial charge in [0.05, 0.1) is 0 Å². The van der Waals surface area contributed by atoms with E-state index in [0.717, 1.165) is 6.42 Å². The maximum atomic E-state index is 11.1. The zero-order chi connectivity index (χ0) is 12.3. The van der Waals surface area contributed by atoms with Gasteiger partial charge in [0.15, 0.2) is 5.60 Å². The Bertz CT molecular complexity index is 366. The summed E-state index contributed by atoms with van der Waals surface area (Å²) in [6.07, 6.45) is 0.985. The second-order valence-corrected chi connectivity index (χ2v) is 4.73. The second kappa shape index (κ2) is 4.66. The molecule has 0 fully saturated rings. The van der Waals surface area contributed by atoms with E-state index in [-0.39, 0.29) is 0 Å². The summed E-state index contributed by atoms with van der Waals surface area (Å²) in [5.74, 6) is -0.147. The lowest BCUT2D eigenvalue weighted by atomic mass is 9.93. The number of nitrogens with two attached hydrogens (primary N) is 1. The second-order valence-electron chi connectivity index (χ2n) is 4.73. The third-order valence-electron chi connectivity index (χ3n) is 2.64. The quantitative estimate of drug-likeness (QED) is 0.810. The Morgan fingerprint density at radius 1 is 1.38 bits per heavy atom. The molecule has 0 heterocycles. The molecule has 16 heavy (non-hydrogen) atoms. The Hall–Kier alpha value is -1.35. The molecule has 0 aliphatic carbocycles. The molecule has 0 radical (unpaired) electrons. The van der Waals surface area contributed by atoms with Gasteiger partial charge >= 0.3 is 0 Å². The van der Waals surface area contributed by atoms with Crippen LogP contribution in [0.3, 0.4) is 0 Å². The monoisotopic (exact) mass is 221 g/mol. The molecular formula is C13H19NO2. The number of hydrogen-bond acceptors (Lipinski definition) is 2. The number of carbonyl (C=O) groups is 1. The molecule has 1 aromatic carbocycles. The molecule has 0 aliphatic rings. The van der Waals surface area contributed by atoms with Crippen molar-refractivity contribution in [3.63, 3.8) is 0 Å². The van der Waals surface area contributed by atoms with Crippen molar-refractivity contribution in [2.45, 2.75) is 32.8 Å². The highest BCUT2D eigenvalue weighted by molar-refractivity contribution is 5.84. The van der Waals surface area contributed by atoms with Crippen molar-refractivity contribution >= 4 is 5.91 Å². The van der Waals surface area contributed by atoms with Crippen LogP contribution >= 0.6 is 0 Å². The number of rotatable bonds is 4. The lowest BCUT2D eigenvalue weighted by molar-refractivity contribution is -0.135. The first kappa shape index (κ1) is 12.7. The zero-order valence-corrected chi connectivity index (χ0v) is 10.0. The van der Waals surface area contributed by atoms with Gasteiger partial charge in [-0.3, -0.25) is 4.79 Å². The Balaban J connectivity index is 2.91. The van der Waals surface area contributed by atoms with Crippen LogP contribution in [-0.2, 0) is 16.8 Å². The normalized spacial score (nSPS) is 14.8. The highest BCUT2D eigenvalue weighted by atomic mass is 16.3. The van der Waals surface area contributed by atoms with Gasteiger partial charge in [-0.25, -0.2) is 0 Å². The van der Waals surface area contributed by atoms with Crippen LogP contribution in [0.25, 0.3) is 0 Å².